The van der Waals surface area contributed by atoms with Crippen LogP contribution in [0, 0.1) is 19.8 Å². The maximum atomic E-state index is 12.9. The number of aliphatic imine (C=N–C) groups is 1. The molecule has 1 saturated heterocycles. The molecule has 150 valence electrons. The molecule has 1 atom stereocenters. The van der Waals surface area contributed by atoms with Crippen LogP contribution in [0.5, 0.6) is 0 Å². The van der Waals surface area contributed by atoms with Gasteiger partial charge in [0.2, 0.25) is 5.91 Å². The van der Waals surface area contributed by atoms with E-state index in [2.05, 4.69) is 40.9 Å². The van der Waals surface area contributed by atoms with Crippen molar-refractivity contribution in [3.63, 3.8) is 0 Å². The zero-order valence-electron chi connectivity index (χ0n) is 16.6. The van der Waals surface area contributed by atoms with E-state index in [1.807, 2.05) is 30.3 Å². The fraction of sp³-hybridized carbons (Fsp3) is 0.130. The molecule has 0 saturated carbocycles. The van der Waals surface area contributed by atoms with E-state index in [4.69, 9.17) is 12.2 Å². The van der Waals surface area contributed by atoms with Crippen molar-refractivity contribution >= 4 is 46.7 Å². The number of aromatic nitrogens is 1. The van der Waals surface area contributed by atoms with Crippen molar-refractivity contribution in [3.05, 3.63) is 78.1 Å². The lowest BCUT2D eigenvalue weighted by Crippen LogP contribution is -2.58. The summed E-state index contributed by atoms with van der Waals surface area (Å²) in [5, 5.41) is 2.66. The second-order valence-corrected chi connectivity index (χ2v) is 7.41. The molecule has 1 aliphatic rings. The van der Waals surface area contributed by atoms with Crippen molar-refractivity contribution < 1.29 is 9.59 Å². The van der Waals surface area contributed by atoms with Crippen LogP contribution in [-0.2, 0) is 9.59 Å². The molecule has 1 aliphatic heterocycles. The van der Waals surface area contributed by atoms with Gasteiger partial charge >= 0.3 is 0 Å². The summed E-state index contributed by atoms with van der Waals surface area (Å²) in [5.41, 5.74) is 4.57. The predicted octanol–water partition coefficient (Wildman–Crippen LogP) is 3.86. The van der Waals surface area contributed by atoms with E-state index in [0.717, 1.165) is 17.1 Å². The minimum Gasteiger partial charge on any atom is -0.319 e. The lowest BCUT2D eigenvalue weighted by Gasteiger charge is -2.30. The van der Waals surface area contributed by atoms with Crippen LogP contribution in [0.25, 0.3) is 5.69 Å². The van der Waals surface area contributed by atoms with Crippen LogP contribution >= 0.6 is 12.2 Å². The Bertz CT molecular complexity index is 1130. The van der Waals surface area contributed by atoms with Gasteiger partial charge in [-0.25, -0.2) is 0 Å². The molecular formula is C23H20N4O2S. The van der Waals surface area contributed by atoms with Crippen molar-refractivity contribution in [1.29, 1.82) is 0 Å². The first kappa shape index (κ1) is 19.7. The second-order valence-electron chi connectivity index (χ2n) is 7.03. The van der Waals surface area contributed by atoms with Crippen molar-refractivity contribution in [2.45, 2.75) is 13.8 Å². The van der Waals surface area contributed by atoms with E-state index in [0.29, 0.717) is 11.4 Å². The first-order chi connectivity index (χ1) is 14.5. The Morgan fingerprint density at radius 2 is 1.53 bits per heavy atom. The number of amides is 2. The molecule has 4 rings (SSSR count). The molecule has 1 aromatic heterocycles. The average molecular weight is 417 g/mol. The number of nitrogens with zero attached hydrogens (tertiary/aromatic N) is 3. The Labute approximate surface area is 179 Å². The number of anilines is 1. The van der Waals surface area contributed by atoms with Crippen LogP contribution in [0.3, 0.4) is 0 Å². The summed E-state index contributed by atoms with van der Waals surface area (Å²) in [6.45, 7) is 4.10. The molecule has 7 heteroatoms. The minimum absolute atomic E-state index is 0.0719. The average Bonchev–Trinajstić information content (AvgIpc) is 3.07. The Morgan fingerprint density at radius 3 is 2.17 bits per heavy atom. The number of benzene rings is 2. The number of carbonyl (C=O) groups is 2. The number of para-hydroxylation sites is 1. The molecule has 1 fully saturated rings. The third kappa shape index (κ3) is 3.67. The Hall–Kier alpha value is -3.58. The van der Waals surface area contributed by atoms with Gasteiger partial charge in [-0.05, 0) is 74.6 Å². The van der Waals surface area contributed by atoms with Gasteiger partial charge in [-0.2, -0.15) is 0 Å². The van der Waals surface area contributed by atoms with E-state index in [1.165, 1.54) is 11.1 Å². The monoisotopic (exact) mass is 416 g/mol. The summed E-state index contributed by atoms with van der Waals surface area (Å²) in [5.74, 6) is -1.95. The van der Waals surface area contributed by atoms with Gasteiger partial charge < -0.3 is 9.88 Å². The van der Waals surface area contributed by atoms with Crippen LogP contribution in [0.15, 0.2) is 71.7 Å². The summed E-state index contributed by atoms with van der Waals surface area (Å²) in [6.07, 6.45) is 1.37. The van der Waals surface area contributed by atoms with E-state index < -0.39 is 17.7 Å². The maximum absolute atomic E-state index is 12.9. The first-order valence-corrected chi connectivity index (χ1v) is 9.90. The van der Waals surface area contributed by atoms with Crippen molar-refractivity contribution in [2.75, 3.05) is 4.90 Å². The largest absolute Gasteiger partial charge is 0.319 e. The molecule has 2 amide bonds. The maximum Gasteiger partial charge on any atom is 0.251 e. The first-order valence-electron chi connectivity index (χ1n) is 9.49. The van der Waals surface area contributed by atoms with Gasteiger partial charge in [0.1, 0.15) is 0 Å². The molecule has 30 heavy (non-hydrogen) atoms. The number of aryl methyl sites for hydroxylation is 2. The molecule has 0 bridgehead atoms. The highest BCUT2D eigenvalue weighted by molar-refractivity contribution is 7.80. The van der Waals surface area contributed by atoms with Gasteiger partial charge in [0.05, 0.1) is 11.4 Å². The van der Waals surface area contributed by atoms with E-state index in [1.54, 1.807) is 24.3 Å². The van der Waals surface area contributed by atoms with Crippen molar-refractivity contribution in [3.8, 4) is 5.69 Å². The fourth-order valence-electron chi connectivity index (χ4n) is 3.47. The zero-order chi connectivity index (χ0) is 21.3. The number of rotatable bonds is 4. The lowest BCUT2D eigenvalue weighted by atomic mass is 10.1. The number of hydrogen-bond acceptors (Lipinski definition) is 4. The van der Waals surface area contributed by atoms with Gasteiger partial charge in [-0.1, -0.05) is 18.2 Å². The third-order valence-electron chi connectivity index (χ3n) is 4.97. The number of nitrogens with one attached hydrogen (secondary N) is 1. The molecule has 0 spiro atoms. The SMILES string of the molecule is Cc1ccc(C)n1-c1ccc(N=C[C@H]2C(=O)NC(=S)N(c3ccccc3)C2=O)cc1. The van der Waals surface area contributed by atoms with E-state index >= 15 is 0 Å². The minimum atomic E-state index is -1.05. The molecule has 1 N–H and O–H groups in total. The second kappa shape index (κ2) is 8.04. The zero-order valence-corrected chi connectivity index (χ0v) is 17.4. The fourth-order valence-corrected chi connectivity index (χ4v) is 3.76. The molecule has 6 nitrogen and oxygen atoms in total. The van der Waals surface area contributed by atoms with Crippen molar-refractivity contribution in [2.24, 2.45) is 10.9 Å². The van der Waals surface area contributed by atoms with Gasteiger partial charge in [-0.3, -0.25) is 19.5 Å². The summed E-state index contributed by atoms with van der Waals surface area (Å²) < 4.78 is 2.14. The van der Waals surface area contributed by atoms with Gasteiger partial charge in [0.25, 0.3) is 5.91 Å². The summed E-state index contributed by atoms with van der Waals surface area (Å²) in [4.78, 5) is 31.0. The molecular weight excluding hydrogens is 396 g/mol. The number of thiocarbonyl (C=S) groups is 1. The van der Waals surface area contributed by atoms with E-state index in [9.17, 15) is 9.59 Å². The topological polar surface area (TPSA) is 66.7 Å². The molecule has 2 heterocycles. The van der Waals surface area contributed by atoms with Crippen molar-refractivity contribution in [1.82, 2.24) is 9.88 Å². The smallest absolute Gasteiger partial charge is 0.251 e. The van der Waals surface area contributed by atoms with Crippen LogP contribution < -0.4 is 10.2 Å². The quantitative estimate of drug-likeness (QED) is 0.399. The third-order valence-corrected chi connectivity index (χ3v) is 5.25. The Balaban J connectivity index is 1.56. The van der Waals surface area contributed by atoms with Crippen LogP contribution in [0.2, 0.25) is 0 Å². The van der Waals surface area contributed by atoms with Gasteiger partial charge in [-0.15, -0.1) is 0 Å². The molecule has 3 aromatic rings. The molecule has 0 aliphatic carbocycles. The Kier molecular flexibility index (Phi) is 5.29. The highest BCUT2D eigenvalue weighted by Crippen LogP contribution is 2.22. The standard InChI is InChI=1S/C23H20N4O2S/c1-15-8-9-16(2)26(15)19-12-10-17(11-13-19)24-14-20-21(28)25-23(30)27(22(20)29)18-6-4-3-5-7-18/h3-14,20H,1-2H3,(H,25,28,30)/t20-/m0/s1. The molecule has 0 radical (unpaired) electrons. The number of hydrogen-bond donors (Lipinski definition) is 1. The van der Waals surface area contributed by atoms with Crippen LogP contribution in [-0.4, -0.2) is 27.7 Å². The highest BCUT2D eigenvalue weighted by Gasteiger charge is 2.38. The van der Waals surface area contributed by atoms with Crippen LogP contribution in [0.1, 0.15) is 11.4 Å². The number of carbonyl (C=O) groups excluding carboxylic acids is 2. The summed E-state index contributed by atoms with van der Waals surface area (Å²) >= 11 is 5.19. The molecule has 2 aromatic carbocycles. The lowest BCUT2D eigenvalue weighted by molar-refractivity contribution is -0.130. The van der Waals surface area contributed by atoms with E-state index in [-0.39, 0.29) is 5.11 Å². The van der Waals surface area contributed by atoms with Crippen LogP contribution in [0.4, 0.5) is 11.4 Å². The predicted molar refractivity (Wildman–Crippen MR) is 122 cm³/mol. The van der Waals surface area contributed by atoms with Gasteiger partial charge in [0, 0.05) is 23.3 Å². The highest BCUT2D eigenvalue weighted by atomic mass is 32.1. The normalized spacial score (nSPS) is 16.9. The summed E-state index contributed by atoms with van der Waals surface area (Å²) in [6, 6.07) is 20.8. The molecule has 0 unspecified atom stereocenters. The Morgan fingerprint density at radius 1 is 0.900 bits per heavy atom. The summed E-state index contributed by atoms with van der Waals surface area (Å²) in [7, 11) is 0. The van der Waals surface area contributed by atoms with Gasteiger partial charge in [0.15, 0.2) is 11.0 Å².